The van der Waals surface area contributed by atoms with E-state index in [0.29, 0.717) is 36.9 Å². The lowest BCUT2D eigenvalue weighted by atomic mass is 10.2. The molecule has 28 heavy (non-hydrogen) atoms. The Morgan fingerprint density at radius 3 is 2.29 bits per heavy atom. The van der Waals surface area contributed by atoms with E-state index in [1.807, 2.05) is 17.0 Å². The Morgan fingerprint density at radius 1 is 1.07 bits per heavy atom. The van der Waals surface area contributed by atoms with Crippen LogP contribution in [0, 0.1) is 11.3 Å². The van der Waals surface area contributed by atoms with Gasteiger partial charge in [-0.15, -0.1) is 0 Å². The Kier molecular flexibility index (Phi) is 5.96. The lowest BCUT2D eigenvalue weighted by Crippen LogP contribution is -2.50. The van der Waals surface area contributed by atoms with E-state index in [4.69, 9.17) is 29.1 Å². The molecule has 146 valence electrons. The highest BCUT2D eigenvalue weighted by Gasteiger charge is 2.33. The molecule has 1 saturated heterocycles. The van der Waals surface area contributed by atoms with Gasteiger partial charge in [-0.25, -0.2) is 0 Å². The molecule has 4 nitrogen and oxygen atoms in total. The number of halogens is 4. The Balaban J connectivity index is 1.60. The van der Waals surface area contributed by atoms with Crippen LogP contribution in [-0.2, 0) is 6.18 Å². The van der Waals surface area contributed by atoms with Crippen LogP contribution in [0.1, 0.15) is 11.1 Å². The minimum Gasteiger partial charge on any atom is -0.368 e. The zero-order valence-corrected chi connectivity index (χ0v) is 16.2. The molecule has 9 heteroatoms. The molecular weight excluding hydrogens is 409 g/mol. The van der Waals surface area contributed by atoms with Gasteiger partial charge in [-0.2, -0.15) is 18.4 Å². The number of piperazine rings is 1. The van der Waals surface area contributed by atoms with E-state index in [0.717, 1.165) is 11.8 Å². The number of nitrogens with one attached hydrogen (secondary N) is 1. The third-order valence-electron chi connectivity index (χ3n) is 4.45. The van der Waals surface area contributed by atoms with Crippen molar-refractivity contribution >= 4 is 40.3 Å². The van der Waals surface area contributed by atoms with Gasteiger partial charge in [0.25, 0.3) is 0 Å². The van der Waals surface area contributed by atoms with Crippen molar-refractivity contribution in [2.75, 3.05) is 36.4 Å². The summed E-state index contributed by atoms with van der Waals surface area (Å²) >= 11 is 11.0. The first-order valence-electron chi connectivity index (χ1n) is 8.46. The quantitative estimate of drug-likeness (QED) is 0.705. The fourth-order valence-corrected chi connectivity index (χ4v) is 3.46. The van der Waals surface area contributed by atoms with Crippen LogP contribution in [0.3, 0.4) is 0 Å². The van der Waals surface area contributed by atoms with Gasteiger partial charge in [-0.3, -0.25) is 0 Å². The minimum atomic E-state index is -4.52. The van der Waals surface area contributed by atoms with Gasteiger partial charge in [0.1, 0.15) is 0 Å². The maximum absolute atomic E-state index is 13.0. The zero-order chi connectivity index (χ0) is 20.3. The van der Waals surface area contributed by atoms with Crippen LogP contribution < -0.4 is 10.2 Å². The second-order valence-electron chi connectivity index (χ2n) is 6.26. The molecule has 2 aromatic carbocycles. The molecule has 2 aromatic rings. The van der Waals surface area contributed by atoms with Gasteiger partial charge in [0.05, 0.1) is 22.2 Å². The van der Waals surface area contributed by atoms with E-state index in [2.05, 4.69) is 16.3 Å². The molecule has 1 fully saturated rings. The molecule has 0 saturated carbocycles. The predicted molar refractivity (Wildman–Crippen MR) is 108 cm³/mol. The number of thiocarbonyl (C=S) groups is 1. The number of rotatable bonds is 2. The second-order valence-corrected chi connectivity index (χ2v) is 7.05. The van der Waals surface area contributed by atoms with E-state index >= 15 is 0 Å². The number of benzene rings is 2. The van der Waals surface area contributed by atoms with E-state index in [1.54, 1.807) is 12.1 Å². The molecule has 3 rings (SSSR count). The first-order chi connectivity index (χ1) is 13.3. The van der Waals surface area contributed by atoms with Crippen molar-refractivity contribution in [3.8, 4) is 6.07 Å². The molecule has 0 atom stereocenters. The topological polar surface area (TPSA) is 42.3 Å². The summed E-state index contributed by atoms with van der Waals surface area (Å²) in [5.74, 6) is 0. The van der Waals surface area contributed by atoms with Crippen molar-refractivity contribution in [3.63, 3.8) is 0 Å². The number of anilines is 2. The van der Waals surface area contributed by atoms with Crippen LogP contribution in [0.2, 0.25) is 5.02 Å². The SMILES string of the molecule is N#Cc1ccc(N2CCN(C(=S)Nc3ccc(Cl)c(C(F)(F)F)c3)CC2)cc1. The van der Waals surface area contributed by atoms with E-state index in [-0.39, 0.29) is 10.7 Å². The van der Waals surface area contributed by atoms with Gasteiger partial charge in [-0.05, 0) is 54.7 Å². The van der Waals surface area contributed by atoms with E-state index in [9.17, 15) is 13.2 Å². The van der Waals surface area contributed by atoms with Crippen LogP contribution in [0.25, 0.3) is 0 Å². The molecule has 0 aromatic heterocycles. The number of nitriles is 1. The molecule has 0 unspecified atom stereocenters. The van der Waals surface area contributed by atoms with Crippen LogP contribution in [-0.4, -0.2) is 36.2 Å². The van der Waals surface area contributed by atoms with E-state index < -0.39 is 11.7 Å². The summed E-state index contributed by atoms with van der Waals surface area (Å²) in [6.07, 6.45) is -4.52. The van der Waals surface area contributed by atoms with Gasteiger partial charge in [-0.1, -0.05) is 11.6 Å². The standard InChI is InChI=1S/C19H16ClF3N4S/c20-17-6-3-14(11-16(17)19(21,22)23)25-18(28)27-9-7-26(8-10-27)15-4-1-13(12-24)2-5-15/h1-6,11H,7-10H2,(H,25,28). The Bertz CT molecular complexity index is 901. The Labute approximate surface area is 171 Å². The summed E-state index contributed by atoms with van der Waals surface area (Å²) in [4.78, 5) is 4.08. The van der Waals surface area contributed by atoms with Crippen molar-refractivity contribution in [3.05, 3.63) is 58.6 Å². The smallest absolute Gasteiger partial charge is 0.368 e. The molecule has 1 heterocycles. The summed E-state index contributed by atoms with van der Waals surface area (Å²) < 4.78 is 39.0. The maximum atomic E-state index is 13.0. The highest BCUT2D eigenvalue weighted by atomic mass is 35.5. The summed E-state index contributed by atoms with van der Waals surface area (Å²) in [6.45, 7) is 2.68. The normalized spacial score (nSPS) is 14.5. The van der Waals surface area contributed by atoms with Crippen molar-refractivity contribution < 1.29 is 13.2 Å². The summed E-state index contributed by atoms with van der Waals surface area (Å²) in [6, 6.07) is 13.1. The van der Waals surface area contributed by atoms with Gasteiger partial charge in [0, 0.05) is 37.6 Å². The average Bonchev–Trinajstić information content (AvgIpc) is 2.69. The van der Waals surface area contributed by atoms with Gasteiger partial charge in [0.2, 0.25) is 0 Å². The third-order valence-corrected chi connectivity index (χ3v) is 5.14. The van der Waals surface area contributed by atoms with Gasteiger partial charge < -0.3 is 15.1 Å². The summed E-state index contributed by atoms with van der Waals surface area (Å²) in [7, 11) is 0. The number of hydrogen-bond acceptors (Lipinski definition) is 3. The average molecular weight is 425 g/mol. The van der Waals surface area contributed by atoms with Crippen LogP contribution in [0.15, 0.2) is 42.5 Å². The third kappa shape index (κ3) is 4.66. The van der Waals surface area contributed by atoms with Crippen LogP contribution in [0.4, 0.5) is 24.5 Å². The minimum absolute atomic E-state index is 0.247. The zero-order valence-electron chi connectivity index (χ0n) is 14.6. The van der Waals surface area contributed by atoms with Gasteiger partial charge >= 0.3 is 6.18 Å². The molecular formula is C19H16ClF3N4S. The lowest BCUT2D eigenvalue weighted by molar-refractivity contribution is -0.137. The molecule has 0 spiro atoms. The van der Waals surface area contributed by atoms with Crippen LogP contribution in [0.5, 0.6) is 0 Å². The number of hydrogen-bond donors (Lipinski definition) is 1. The molecule has 1 N–H and O–H groups in total. The highest BCUT2D eigenvalue weighted by Crippen LogP contribution is 2.36. The van der Waals surface area contributed by atoms with Crippen LogP contribution >= 0.6 is 23.8 Å². The molecule has 0 radical (unpaired) electrons. The largest absolute Gasteiger partial charge is 0.417 e. The first kappa shape index (κ1) is 20.2. The van der Waals surface area contributed by atoms with Gasteiger partial charge in [0.15, 0.2) is 5.11 Å². The molecule has 0 amide bonds. The summed E-state index contributed by atoms with van der Waals surface area (Å²) in [5, 5.41) is 11.8. The fraction of sp³-hybridized carbons (Fsp3) is 0.263. The monoisotopic (exact) mass is 424 g/mol. The molecule has 1 aliphatic heterocycles. The molecule has 1 aliphatic rings. The first-order valence-corrected chi connectivity index (χ1v) is 9.24. The summed E-state index contributed by atoms with van der Waals surface area (Å²) in [5.41, 5.74) is 0.975. The molecule has 0 bridgehead atoms. The molecule has 0 aliphatic carbocycles. The van der Waals surface area contributed by atoms with Crippen molar-refractivity contribution in [1.29, 1.82) is 5.26 Å². The highest BCUT2D eigenvalue weighted by molar-refractivity contribution is 7.80. The Morgan fingerprint density at radius 2 is 1.71 bits per heavy atom. The Hall–Kier alpha value is -2.50. The predicted octanol–water partition coefficient (Wildman–Crippen LogP) is 4.75. The lowest BCUT2D eigenvalue weighted by Gasteiger charge is -2.37. The number of nitrogens with zero attached hydrogens (tertiary/aromatic N) is 3. The maximum Gasteiger partial charge on any atom is 0.417 e. The van der Waals surface area contributed by atoms with E-state index in [1.165, 1.54) is 12.1 Å². The van der Waals surface area contributed by atoms with Crippen molar-refractivity contribution in [2.24, 2.45) is 0 Å². The number of alkyl halides is 3. The second kappa shape index (κ2) is 8.25. The van der Waals surface area contributed by atoms with Crippen molar-refractivity contribution in [2.45, 2.75) is 6.18 Å². The fourth-order valence-electron chi connectivity index (χ4n) is 2.94. The van der Waals surface area contributed by atoms with Crippen molar-refractivity contribution in [1.82, 2.24) is 4.90 Å².